The third kappa shape index (κ3) is 2.25. The van der Waals surface area contributed by atoms with Gasteiger partial charge in [0.05, 0.1) is 12.2 Å². The van der Waals surface area contributed by atoms with Gasteiger partial charge in [-0.05, 0) is 24.6 Å². The second-order valence-electron chi connectivity index (χ2n) is 5.91. The molecule has 5 heteroatoms. The number of esters is 1. The number of amides is 1. The Kier molecular flexibility index (Phi) is 3.34. The SMILES string of the molecule is Cc1ccc(C2C(=O)OC3=C2C(=O)N(c2ccccc2)CN3)cc1. The maximum Gasteiger partial charge on any atom is 0.325 e. The van der Waals surface area contributed by atoms with Gasteiger partial charge in [-0.15, -0.1) is 0 Å². The van der Waals surface area contributed by atoms with E-state index in [0.717, 1.165) is 16.8 Å². The van der Waals surface area contributed by atoms with Crippen molar-refractivity contribution in [3.8, 4) is 0 Å². The highest BCUT2D eigenvalue weighted by Crippen LogP contribution is 2.37. The molecule has 2 heterocycles. The van der Waals surface area contributed by atoms with Crippen molar-refractivity contribution in [3.05, 3.63) is 77.2 Å². The topological polar surface area (TPSA) is 58.6 Å². The number of para-hydroxylation sites is 1. The highest BCUT2D eigenvalue weighted by molar-refractivity contribution is 6.13. The van der Waals surface area contributed by atoms with Gasteiger partial charge in [-0.25, -0.2) is 0 Å². The first-order valence-corrected chi connectivity index (χ1v) is 7.78. The third-order valence-electron chi connectivity index (χ3n) is 4.32. The van der Waals surface area contributed by atoms with Crippen molar-refractivity contribution in [1.82, 2.24) is 5.32 Å². The Balaban J connectivity index is 1.73. The molecule has 2 aromatic rings. The minimum Gasteiger partial charge on any atom is -0.409 e. The highest BCUT2D eigenvalue weighted by atomic mass is 16.6. The largest absolute Gasteiger partial charge is 0.409 e. The molecule has 2 aromatic carbocycles. The van der Waals surface area contributed by atoms with Crippen LogP contribution in [0.1, 0.15) is 17.0 Å². The van der Waals surface area contributed by atoms with Gasteiger partial charge in [0.1, 0.15) is 5.92 Å². The molecule has 0 radical (unpaired) electrons. The van der Waals surface area contributed by atoms with Crippen LogP contribution in [0.4, 0.5) is 5.69 Å². The third-order valence-corrected chi connectivity index (χ3v) is 4.32. The first kappa shape index (κ1) is 14.5. The van der Waals surface area contributed by atoms with Gasteiger partial charge in [0.15, 0.2) is 0 Å². The van der Waals surface area contributed by atoms with Gasteiger partial charge in [-0.3, -0.25) is 14.5 Å². The van der Waals surface area contributed by atoms with Gasteiger partial charge in [0.2, 0.25) is 5.88 Å². The summed E-state index contributed by atoms with van der Waals surface area (Å²) < 4.78 is 5.30. The monoisotopic (exact) mass is 320 g/mol. The van der Waals surface area contributed by atoms with Gasteiger partial charge >= 0.3 is 5.97 Å². The van der Waals surface area contributed by atoms with E-state index in [2.05, 4.69) is 5.32 Å². The molecular weight excluding hydrogens is 304 g/mol. The molecule has 0 spiro atoms. The van der Waals surface area contributed by atoms with E-state index in [0.29, 0.717) is 5.57 Å². The lowest BCUT2D eigenvalue weighted by molar-refractivity contribution is -0.138. The predicted molar refractivity (Wildman–Crippen MR) is 89.0 cm³/mol. The van der Waals surface area contributed by atoms with Crippen molar-refractivity contribution in [2.75, 3.05) is 11.6 Å². The second-order valence-corrected chi connectivity index (χ2v) is 5.91. The molecule has 1 N–H and O–H groups in total. The van der Waals surface area contributed by atoms with Crippen LogP contribution in [0.15, 0.2) is 66.1 Å². The van der Waals surface area contributed by atoms with Crippen LogP contribution in [0.5, 0.6) is 0 Å². The van der Waals surface area contributed by atoms with Crippen LogP contribution in [0.3, 0.4) is 0 Å². The smallest absolute Gasteiger partial charge is 0.325 e. The number of hydrogen-bond acceptors (Lipinski definition) is 4. The lowest BCUT2D eigenvalue weighted by Crippen LogP contribution is -2.45. The molecule has 1 atom stereocenters. The fourth-order valence-corrected chi connectivity index (χ4v) is 3.06. The van der Waals surface area contributed by atoms with E-state index in [1.165, 1.54) is 0 Å². The van der Waals surface area contributed by atoms with Crippen molar-refractivity contribution in [2.45, 2.75) is 12.8 Å². The molecule has 0 fully saturated rings. The lowest BCUT2D eigenvalue weighted by atomic mass is 9.90. The zero-order chi connectivity index (χ0) is 16.7. The number of ether oxygens (including phenoxy) is 1. The van der Waals surface area contributed by atoms with Crippen molar-refractivity contribution >= 4 is 17.6 Å². The summed E-state index contributed by atoms with van der Waals surface area (Å²) in [7, 11) is 0. The van der Waals surface area contributed by atoms with Gasteiger partial charge < -0.3 is 10.1 Å². The fourth-order valence-electron chi connectivity index (χ4n) is 3.06. The van der Waals surface area contributed by atoms with E-state index in [1.54, 1.807) is 4.90 Å². The summed E-state index contributed by atoms with van der Waals surface area (Å²) in [6.45, 7) is 2.25. The number of nitrogens with zero attached hydrogens (tertiary/aromatic N) is 1. The first-order chi connectivity index (χ1) is 11.6. The van der Waals surface area contributed by atoms with Crippen molar-refractivity contribution in [2.24, 2.45) is 0 Å². The zero-order valence-corrected chi connectivity index (χ0v) is 13.2. The minimum absolute atomic E-state index is 0.202. The van der Waals surface area contributed by atoms with E-state index in [-0.39, 0.29) is 18.5 Å². The molecule has 0 aliphatic carbocycles. The van der Waals surface area contributed by atoms with E-state index < -0.39 is 11.9 Å². The maximum absolute atomic E-state index is 13.0. The molecule has 5 nitrogen and oxygen atoms in total. The first-order valence-electron chi connectivity index (χ1n) is 7.78. The summed E-state index contributed by atoms with van der Waals surface area (Å²) in [6, 6.07) is 17.0. The van der Waals surface area contributed by atoms with Crippen LogP contribution in [0.2, 0.25) is 0 Å². The molecule has 24 heavy (non-hydrogen) atoms. The Morgan fingerprint density at radius 2 is 1.75 bits per heavy atom. The van der Waals surface area contributed by atoms with Crippen molar-refractivity contribution in [3.63, 3.8) is 0 Å². The number of carbonyl (C=O) groups excluding carboxylic acids is 2. The summed E-state index contributed by atoms with van der Waals surface area (Å²) in [6.07, 6.45) is 0. The number of rotatable bonds is 2. The number of hydrogen-bond donors (Lipinski definition) is 1. The Hall–Kier alpha value is -3.08. The second kappa shape index (κ2) is 5.53. The molecule has 0 bridgehead atoms. The maximum atomic E-state index is 13.0. The Labute approximate surface area is 139 Å². The number of nitrogens with one attached hydrogen (secondary N) is 1. The molecule has 2 aliphatic rings. The van der Waals surface area contributed by atoms with E-state index >= 15 is 0 Å². The average molecular weight is 320 g/mol. The summed E-state index contributed by atoms with van der Waals surface area (Å²) in [5, 5.41) is 3.04. The lowest BCUT2D eigenvalue weighted by Gasteiger charge is -2.28. The fraction of sp³-hybridized carbons (Fsp3) is 0.158. The minimum atomic E-state index is -0.688. The number of benzene rings is 2. The van der Waals surface area contributed by atoms with E-state index in [1.807, 2.05) is 61.5 Å². The standard InChI is InChI=1S/C19H16N2O3/c1-12-7-9-13(10-8-12)15-16-17(24-19(15)23)20-11-21(18(16)22)14-5-3-2-4-6-14/h2-10,15,20H,11H2,1H3. The Bertz CT molecular complexity index is 841. The van der Waals surface area contributed by atoms with Crippen LogP contribution < -0.4 is 10.2 Å². The van der Waals surface area contributed by atoms with Gasteiger partial charge in [0, 0.05) is 5.69 Å². The number of aryl methyl sites for hydroxylation is 1. The summed E-state index contributed by atoms with van der Waals surface area (Å²) in [5.41, 5.74) is 3.02. The van der Waals surface area contributed by atoms with Crippen molar-refractivity contribution in [1.29, 1.82) is 0 Å². The molecule has 1 amide bonds. The molecular formula is C19H16N2O3. The summed E-state index contributed by atoms with van der Waals surface area (Å²) in [4.78, 5) is 27.0. The van der Waals surface area contributed by atoms with Crippen LogP contribution in [-0.2, 0) is 14.3 Å². The average Bonchev–Trinajstić information content (AvgIpc) is 2.94. The molecule has 1 unspecified atom stereocenters. The summed E-state index contributed by atoms with van der Waals surface area (Å²) >= 11 is 0. The molecule has 0 saturated heterocycles. The van der Waals surface area contributed by atoms with Crippen LogP contribution in [0, 0.1) is 6.92 Å². The molecule has 4 rings (SSSR count). The highest BCUT2D eigenvalue weighted by Gasteiger charge is 2.45. The molecule has 0 saturated carbocycles. The van der Waals surface area contributed by atoms with Crippen LogP contribution in [-0.4, -0.2) is 18.5 Å². The predicted octanol–water partition coefficient (Wildman–Crippen LogP) is 2.44. The quantitative estimate of drug-likeness (QED) is 0.864. The molecule has 2 aliphatic heterocycles. The summed E-state index contributed by atoms with van der Waals surface area (Å²) in [5.74, 6) is -1.03. The van der Waals surface area contributed by atoms with Gasteiger partial charge in [-0.2, -0.15) is 0 Å². The Morgan fingerprint density at radius 3 is 2.46 bits per heavy atom. The number of anilines is 1. The van der Waals surface area contributed by atoms with Crippen LogP contribution >= 0.6 is 0 Å². The normalized spacial score (nSPS) is 19.9. The zero-order valence-electron chi connectivity index (χ0n) is 13.2. The van der Waals surface area contributed by atoms with Crippen molar-refractivity contribution < 1.29 is 14.3 Å². The van der Waals surface area contributed by atoms with E-state index in [4.69, 9.17) is 4.74 Å². The van der Waals surface area contributed by atoms with Gasteiger partial charge in [0.25, 0.3) is 5.91 Å². The van der Waals surface area contributed by atoms with Crippen LogP contribution in [0.25, 0.3) is 0 Å². The molecule has 120 valence electrons. The van der Waals surface area contributed by atoms with E-state index in [9.17, 15) is 9.59 Å². The number of carbonyl (C=O) groups is 2. The van der Waals surface area contributed by atoms with Gasteiger partial charge in [-0.1, -0.05) is 48.0 Å². The molecule has 0 aromatic heterocycles. The Morgan fingerprint density at radius 1 is 1.04 bits per heavy atom.